The zero-order chi connectivity index (χ0) is 15.7. The normalized spacial score (nSPS) is 18.0. The van der Waals surface area contributed by atoms with Crippen molar-refractivity contribution >= 4 is 17.2 Å². The third kappa shape index (κ3) is 2.91. The van der Waals surface area contributed by atoms with Gasteiger partial charge in [0.2, 0.25) is 0 Å². The van der Waals surface area contributed by atoms with Gasteiger partial charge in [0.1, 0.15) is 5.82 Å². The summed E-state index contributed by atoms with van der Waals surface area (Å²) in [5, 5.41) is 0. The highest BCUT2D eigenvalue weighted by molar-refractivity contribution is 7.17. The molecule has 1 aliphatic heterocycles. The highest BCUT2D eigenvalue weighted by Crippen LogP contribution is 2.33. The number of hydrogen-bond acceptors (Lipinski definition) is 3. The number of halogens is 1. The van der Waals surface area contributed by atoms with Gasteiger partial charge < -0.3 is 10.6 Å². The van der Waals surface area contributed by atoms with Crippen molar-refractivity contribution in [2.45, 2.75) is 13.3 Å². The van der Waals surface area contributed by atoms with Crippen LogP contribution in [0.2, 0.25) is 0 Å². The van der Waals surface area contributed by atoms with E-state index in [1.807, 2.05) is 17.9 Å². The van der Waals surface area contributed by atoms with Crippen LogP contribution < -0.4 is 5.73 Å². The number of carbonyl (C=O) groups excluding carboxylic acids is 1. The molecule has 0 bridgehead atoms. The molecule has 1 saturated heterocycles. The Kier molecular flexibility index (Phi) is 4.27. The largest absolute Gasteiger partial charge is 0.338 e. The molecule has 1 amide bonds. The lowest BCUT2D eigenvalue weighted by atomic mass is 10.1. The van der Waals surface area contributed by atoms with Crippen LogP contribution >= 0.6 is 11.3 Å². The molecule has 0 aliphatic carbocycles. The van der Waals surface area contributed by atoms with Crippen LogP contribution in [-0.4, -0.2) is 30.4 Å². The maximum Gasteiger partial charge on any atom is 0.263 e. The molecule has 1 unspecified atom stereocenters. The van der Waals surface area contributed by atoms with Crippen molar-refractivity contribution in [3.8, 4) is 10.4 Å². The predicted octanol–water partition coefficient (Wildman–Crippen LogP) is 3.28. The summed E-state index contributed by atoms with van der Waals surface area (Å²) in [6.07, 6.45) is 0.984. The fourth-order valence-corrected chi connectivity index (χ4v) is 3.99. The third-order valence-electron chi connectivity index (χ3n) is 4.14. The van der Waals surface area contributed by atoms with Gasteiger partial charge in [-0.15, -0.1) is 11.3 Å². The first-order chi connectivity index (χ1) is 10.6. The Morgan fingerprint density at radius 3 is 2.77 bits per heavy atom. The van der Waals surface area contributed by atoms with Gasteiger partial charge in [-0.2, -0.15) is 0 Å². The van der Waals surface area contributed by atoms with Crippen molar-refractivity contribution in [3.05, 3.63) is 46.6 Å². The molecule has 1 aromatic heterocycles. The summed E-state index contributed by atoms with van der Waals surface area (Å²) < 4.78 is 13.0. The molecule has 1 aromatic carbocycles. The van der Waals surface area contributed by atoms with Crippen molar-refractivity contribution in [2.24, 2.45) is 11.7 Å². The molecule has 1 fully saturated rings. The highest BCUT2D eigenvalue weighted by Gasteiger charge is 2.27. The van der Waals surface area contributed by atoms with Crippen LogP contribution in [0.4, 0.5) is 4.39 Å². The number of hydrogen-bond donors (Lipinski definition) is 1. The van der Waals surface area contributed by atoms with Gasteiger partial charge in [0.25, 0.3) is 5.91 Å². The second-order valence-electron chi connectivity index (χ2n) is 5.77. The Morgan fingerprint density at radius 1 is 1.41 bits per heavy atom. The molecule has 0 spiro atoms. The molecule has 22 heavy (non-hydrogen) atoms. The molecule has 116 valence electrons. The molecular weight excluding hydrogens is 299 g/mol. The fourth-order valence-electron chi connectivity index (χ4n) is 2.84. The SMILES string of the molecule is Cc1cc(C(=O)N2CCC(CN)C2)sc1-c1ccc(F)cc1. The Hall–Kier alpha value is -1.72. The number of amides is 1. The number of rotatable bonds is 3. The quantitative estimate of drug-likeness (QED) is 0.944. The number of nitrogens with zero attached hydrogens (tertiary/aromatic N) is 1. The van der Waals surface area contributed by atoms with Gasteiger partial charge in [-0.1, -0.05) is 12.1 Å². The van der Waals surface area contributed by atoms with Crippen molar-refractivity contribution in [1.82, 2.24) is 4.90 Å². The van der Waals surface area contributed by atoms with Crippen LogP contribution in [0.15, 0.2) is 30.3 Å². The second kappa shape index (κ2) is 6.18. The van der Waals surface area contributed by atoms with Gasteiger partial charge in [0.15, 0.2) is 0 Å². The standard InChI is InChI=1S/C17H19FN2OS/c1-11-8-15(17(21)20-7-6-12(9-19)10-20)22-16(11)13-2-4-14(18)5-3-13/h2-5,8,12H,6-7,9-10,19H2,1H3. The van der Waals surface area contributed by atoms with E-state index < -0.39 is 0 Å². The average Bonchev–Trinajstić information content (AvgIpc) is 3.14. The molecule has 2 heterocycles. The summed E-state index contributed by atoms with van der Waals surface area (Å²) in [6, 6.07) is 8.33. The number of nitrogens with two attached hydrogens (primary N) is 1. The van der Waals surface area contributed by atoms with Crippen LogP contribution in [0, 0.1) is 18.7 Å². The van der Waals surface area contributed by atoms with E-state index in [1.54, 1.807) is 12.1 Å². The van der Waals surface area contributed by atoms with Crippen LogP contribution in [0.5, 0.6) is 0 Å². The van der Waals surface area contributed by atoms with Gasteiger partial charge in [0.05, 0.1) is 4.88 Å². The number of carbonyl (C=O) groups is 1. The van der Waals surface area contributed by atoms with Crippen molar-refractivity contribution in [3.63, 3.8) is 0 Å². The maximum atomic E-state index is 13.0. The molecule has 2 aromatic rings. The van der Waals surface area contributed by atoms with E-state index in [0.29, 0.717) is 12.5 Å². The molecule has 3 nitrogen and oxygen atoms in total. The first kappa shape index (κ1) is 15.2. The Morgan fingerprint density at radius 2 is 2.14 bits per heavy atom. The first-order valence-corrected chi connectivity index (χ1v) is 8.26. The van der Waals surface area contributed by atoms with E-state index in [4.69, 9.17) is 5.73 Å². The fraction of sp³-hybridized carbons (Fsp3) is 0.353. The van der Waals surface area contributed by atoms with Gasteiger partial charge in [-0.3, -0.25) is 4.79 Å². The summed E-state index contributed by atoms with van der Waals surface area (Å²) >= 11 is 1.48. The zero-order valence-electron chi connectivity index (χ0n) is 12.5. The Balaban J connectivity index is 1.83. The summed E-state index contributed by atoms with van der Waals surface area (Å²) in [5.41, 5.74) is 7.68. The van der Waals surface area contributed by atoms with Crippen molar-refractivity contribution in [2.75, 3.05) is 19.6 Å². The molecule has 2 N–H and O–H groups in total. The molecule has 5 heteroatoms. The van der Waals surface area contributed by atoms with Crippen LogP contribution in [0.3, 0.4) is 0 Å². The predicted molar refractivity (Wildman–Crippen MR) is 87.5 cm³/mol. The summed E-state index contributed by atoms with van der Waals surface area (Å²) in [5.74, 6) is 0.248. The van der Waals surface area contributed by atoms with E-state index in [0.717, 1.165) is 40.4 Å². The minimum atomic E-state index is -0.251. The number of likely N-dealkylation sites (tertiary alicyclic amines) is 1. The van der Waals surface area contributed by atoms with Crippen LogP contribution in [0.1, 0.15) is 21.7 Å². The van der Waals surface area contributed by atoms with Crippen molar-refractivity contribution in [1.29, 1.82) is 0 Å². The Bertz CT molecular complexity index is 680. The van der Waals surface area contributed by atoms with Crippen LogP contribution in [0.25, 0.3) is 10.4 Å². The van der Waals surface area contributed by atoms with Gasteiger partial charge in [-0.25, -0.2) is 4.39 Å². The van der Waals surface area contributed by atoms with E-state index in [2.05, 4.69) is 0 Å². The second-order valence-corrected chi connectivity index (χ2v) is 6.82. The number of benzene rings is 1. The van der Waals surface area contributed by atoms with E-state index in [-0.39, 0.29) is 11.7 Å². The van der Waals surface area contributed by atoms with Crippen molar-refractivity contribution < 1.29 is 9.18 Å². The topological polar surface area (TPSA) is 46.3 Å². The van der Waals surface area contributed by atoms with Crippen LogP contribution in [-0.2, 0) is 0 Å². The van der Waals surface area contributed by atoms with E-state index >= 15 is 0 Å². The lowest BCUT2D eigenvalue weighted by molar-refractivity contribution is 0.0792. The lowest BCUT2D eigenvalue weighted by Gasteiger charge is -2.14. The van der Waals surface area contributed by atoms with E-state index in [9.17, 15) is 9.18 Å². The third-order valence-corrected chi connectivity index (χ3v) is 5.42. The molecule has 3 rings (SSSR count). The van der Waals surface area contributed by atoms with Gasteiger partial charge in [0, 0.05) is 18.0 Å². The number of thiophene rings is 1. The zero-order valence-corrected chi connectivity index (χ0v) is 13.3. The van der Waals surface area contributed by atoms with E-state index in [1.165, 1.54) is 23.5 Å². The highest BCUT2D eigenvalue weighted by atomic mass is 32.1. The molecular formula is C17H19FN2OS. The molecule has 0 saturated carbocycles. The number of aryl methyl sites for hydroxylation is 1. The first-order valence-electron chi connectivity index (χ1n) is 7.44. The smallest absolute Gasteiger partial charge is 0.263 e. The maximum absolute atomic E-state index is 13.0. The summed E-state index contributed by atoms with van der Waals surface area (Å²) in [4.78, 5) is 16.3. The minimum Gasteiger partial charge on any atom is -0.338 e. The van der Waals surface area contributed by atoms with Gasteiger partial charge >= 0.3 is 0 Å². The molecule has 0 radical (unpaired) electrons. The molecule has 1 aliphatic rings. The monoisotopic (exact) mass is 318 g/mol. The van der Waals surface area contributed by atoms with Gasteiger partial charge in [-0.05, 0) is 55.1 Å². The molecule has 1 atom stereocenters. The summed E-state index contributed by atoms with van der Waals surface area (Å²) in [6.45, 7) is 4.15. The minimum absolute atomic E-state index is 0.0809. The summed E-state index contributed by atoms with van der Waals surface area (Å²) in [7, 11) is 0. The Labute approximate surface area is 133 Å². The average molecular weight is 318 g/mol. The lowest BCUT2D eigenvalue weighted by Crippen LogP contribution is -2.29.